The summed E-state index contributed by atoms with van der Waals surface area (Å²) in [7, 11) is 4.35. The van der Waals surface area contributed by atoms with Gasteiger partial charge >= 0.3 is 5.69 Å². The Bertz CT molecular complexity index is 1210. The average molecular weight is 403 g/mol. The molecule has 0 bridgehead atoms. The number of carbonyl (C=O) groups is 1. The first kappa shape index (κ1) is 19.6. The molecule has 1 amide bonds. The van der Waals surface area contributed by atoms with Crippen LogP contribution in [0, 0.1) is 0 Å². The van der Waals surface area contributed by atoms with E-state index in [0.29, 0.717) is 28.4 Å². The summed E-state index contributed by atoms with van der Waals surface area (Å²) in [6, 6.07) is 4.69. The van der Waals surface area contributed by atoms with E-state index in [1.165, 1.54) is 31.8 Å². The Morgan fingerprint density at radius 2 is 1.96 bits per heavy atom. The molecule has 0 aliphatic rings. The molecular weight excluding hydrogens is 384 g/mol. The number of halogens is 1. The van der Waals surface area contributed by atoms with E-state index in [2.05, 4.69) is 10.3 Å². The van der Waals surface area contributed by atoms with Crippen molar-refractivity contribution in [3.8, 4) is 5.75 Å². The van der Waals surface area contributed by atoms with Crippen LogP contribution < -0.4 is 21.3 Å². The van der Waals surface area contributed by atoms with Gasteiger partial charge in [0.1, 0.15) is 11.1 Å². The number of carbonyl (C=O) groups excluding carboxylic acids is 1. The van der Waals surface area contributed by atoms with Crippen LogP contribution in [0.2, 0.25) is 5.02 Å². The van der Waals surface area contributed by atoms with Crippen LogP contribution in [0.15, 0.2) is 34.0 Å². The van der Waals surface area contributed by atoms with Crippen molar-refractivity contribution in [2.24, 2.45) is 14.1 Å². The summed E-state index contributed by atoms with van der Waals surface area (Å²) in [4.78, 5) is 42.2. The number of nitrogens with zero attached hydrogens (tertiary/aromatic N) is 3. The van der Waals surface area contributed by atoms with Gasteiger partial charge in [-0.05, 0) is 30.2 Å². The Morgan fingerprint density at radius 3 is 2.61 bits per heavy atom. The minimum Gasteiger partial charge on any atom is -0.496 e. The highest BCUT2D eigenvalue weighted by atomic mass is 35.5. The topological polar surface area (TPSA) is 95.2 Å². The zero-order valence-electron chi connectivity index (χ0n) is 15.9. The number of hydrogen-bond acceptors (Lipinski definition) is 5. The number of benzene rings is 1. The number of aromatic nitrogens is 3. The summed E-state index contributed by atoms with van der Waals surface area (Å²) in [6.45, 7) is 1.88. The molecule has 1 N–H and O–H groups in total. The standard InChI is InChI=1S/C19H19ClN4O4/c1-5-10-9-21-16-14(18(26)24(3)19(27)23(16)2)15(10)22-17(25)12-8-11(20)6-7-13(12)28-4/h6-9H,5H2,1-4H3,(H,21,22,25). The minimum absolute atomic E-state index is 0.165. The normalized spacial score (nSPS) is 10.9. The van der Waals surface area contributed by atoms with E-state index in [4.69, 9.17) is 16.3 Å². The van der Waals surface area contributed by atoms with Crippen molar-refractivity contribution >= 4 is 34.2 Å². The molecule has 3 aromatic rings. The molecule has 2 aromatic heterocycles. The number of fused-ring (bicyclic) bond motifs is 1. The van der Waals surface area contributed by atoms with Gasteiger partial charge in [0, 0.05) is 25.3 Å². The number of ether oxygens (including phenoxy) is 1. The molecule has 0 unspecified atom stereocenters. The fourth-order valence-electron chi connectivity index (χ4n) is 3.02. The van der Waals surface area contributed by atoms with E-state index in [1.54, 1.807) is 18.3 Å². The molecule has 28 heavy (non-hydrogen) atoms. The predicted octanol–water partition coefficient (Wildman–Crippen LogP) is 2.11. The second-order valence-electron chi connectivity index (χ2n) is 6.22. The molecule has 9 heteroatoms. The maximum atomic E-state index is 13.0. The molecule has 0 aliphatic carbocycles. The summed E-state index contributed by atoms with van der Waals surface area (Å²) in [6.07, 6.45) is 2.07. The third-order valence-electron chi connectivity index (χ3n) is 4.57. The monoisotopic (exact) mass is 402 g/mol. The van der Waals surface area contributed by atoms with Crippen molar-refractivity contribution in [2.45, 2.75) is 13.3 Å². The fourth-order valence-corrected chi connectivity index (χ4v) is 3.19. The van der Waals surface area contributed by atoms with Gasteiger partial charge in [-0.3, -0.25) is 18.7 Å². The van der Waals surface area contributed by atoms with Crippen LogP contribution in [-0.2, 0) is 20.5 Å². The Kier molecular flexibility index (Phi) is 5.24. The van der Waals surface area contributed by atoms with Gasteiger partial charge in [-0.2, -0.15) is 0 Å². The van der Waals surface area contributed by atoms with Crippen LogP contribution in [0.4, 0.5) is 5.69 Å². The van der Waals surface area contributed by atoms with Crippen LogP contribution in [0.25, 0.3) is 11.0 Å². The van der Waals surface area contributed by atoms with Crippen molar-refractivity contribution in [2.75, 3.05) is 12.4 Å². The Balaban J connectivity index is 2.26. The molecule has 0 atom stereocenters. The van der Waals surface area contributed by atoms with Gasteiger partial charge in [0.05, 0.1) is 18.4 Å². The van der Waals surface area contributed by atoms with Crippen LogP contribution in [0.1, 0.15) is 22.8 Å². The second kappa shape index (κ2) is 7.47. The molecule has 8 nitrogen and oxygen atoms in total. The number of amides is 1. The lowest BCUT2D eigenvalue weighted by Crippen LogP contribution is -2.38. The molecule has 0 saturated carbocycles. The Hall–Kier alpha value is -3.13. The number of nitrogens with one attached hydrogen (secondary N) is 1. The summed E-state index contributed by atoms with van der Waals surface area (Å²) in [5, 5.41) is 3.33. The molecule has 1 aromatic carbocycles. The van der Waals surface area contributed by atoms with Crippen molar-refractivity contribution in [3.05, 3.63) is 61.4 Å². The third-order valence-corrected chi connectivity index (χ3v) is 4.81. The van der Waals surface area contributed by atoms with Crippen molar-refractivity contribution in [1.82, 2.24) is 14.1 Å². The molecule has 3 rings (SSSR count). The van der Waals surface area contributed by atoms with Gasteiger partial charge in [0.2, 0.25) is 0 Å². The van der Waals surface area contributed by atoms with Crippen LogP contribution in [0.3, 0.4) is 0 Å². The molecule has 0 radical (unpaired) electrons. The van der Waals surface area contributed by atoms with Gasteiger partial charge in [-0.25, -0.2) is 9.78 Å². The molecular formula is C19H19ClN4O4. The van der Waals surface area contributed by atoms with E-state index in [1.807, 2.05) is 6.92 Å². The maximum absolute atomic E-state index is 13.0. The van der Waals surface area contributed by atoms with Gasteiger partial charge in [0.15, 0.2) is 5.65 Å². The van der Waals surface area contributed by atoms with E-state index in [0.717, 1.165) is 4.57 Å². The quantitative estimate of drug-likeness (QED) is 0.721. The fraction of sp³-hybridized carbons (Fsp3) is 0.263. The zero-order valence-corrected chi connectivity index (χ0v) is 16.6. The summed E-state index contributed by atoms with van der Waals surface area (Å²) < 4.78 is 7.49. The largest absolute Gasteiger partial charge is 0.496 e. The number of methoxy groups -OCH3 is 1. The highest BCUT2D eigenvalue weighted by Gasteiger charge is 2.20. The predicted molar refractivity (Wildman–Crippen MR) is 108 cm³/mol. The number of anilines is 1. The lowest BCUT2D eigenvalue weighted by molar-refractivity contribution is 0.102. The van der Waals surface area contributed by atoms with Crippen LogP contribution in [0.5, 0.6) is 5.75 Å². The SMILES string of the molecule is CCc1cnc2c(c1NC(=O)c1cc(Cl)ccc1OC)c(=O)n(C)c(=O)n2C. The summed E-state index contributed by atoms with van der Waals surface area (Å²) >= 11 is 6.02. The van der Waals surface area contributed by atoms with Gasteiger partial charge in [-0.15, -0.1) is 0 Å². The highest BCUT2D eigenvalue weighted by molar-refractivity contribution is 6.31. The first-order chi connectivity index (χ1) is 13.3. The number of aryl methyl sites for hydroxylation is 2. The number of hydrogen-bond donors (Lipinski definition) is 1. The molecule has 0 fully saturated rings. The zero-order chi connectivity index (χ0) is 20.6. The van der Waals surface area contributed by atoms with E-state index in [-0.39, 0.29) is 16.6 Å². The van der Waals surface area contributed by atoms with Gasteiger partial charge in [0.25, 0.3) is 11.5 Å². The van der Waals surface area contributed by atoms with Crippen LogP contribution >= 0.6 is 11.6 Å². The van der Waals surface area contributed by atoms with Crippen molar-refractivity contribution < 1.29 is 9.53 Å². The van der Waals surface area contributed by atoms with Crippen LogP contribution in [-0.4, -0.2) is 27.1 Å². The Morgan fingerprint density at radius 1 is 1.25 bits per heavy atom. The maximum Gasteiger partial charge on any atom is 0.332 e. The average Bonchev–Trinajstić information content (AvgIpc) is 2.70. The van der Waals surface area contributed by atoms with E-state index < -0.39 is 17.2 Å². The summed E-state index contributed by atoms with van der Waals surface area (Å²) in [5.41, 5.74) is 0.368. The smallest absolute Gasteiger partial charge is 0.332 e. The molecule has 0 aliphatic heterocycles. The van der Waals surface area contributed by atoms with Gasteiger partial charge in [-0.1, -0.05) is 18.5 Å². The molecule has 0 saturated heterocycles. The van der Waals surface area contributed by atoms with E-state index >= 15 is 0 Å². The van der Waals surface area contributed by atoms with Crippen molar-refractivity contribution in [3.63, 3.8) is 0 Å². The minimum atomic E-state index is -0.533. The van der Waals surface area contributed by atoms with Crippen molar-refractivity contribution in [1.29, 1.82) is 0 Å². The highest BCUT2D eigenvalue weighted by Crippen LogP contribution is 2.27. The first-order valence-corrected chi connectivity index (χ1v) is 8.90. The number of pyridine rings is 1. The van der Waals surface area contributed by atoms with E-state index in [9.17, 15) is 14.4 Å². The third kappa shape index (κ3) is 3.16. The Labute approximate surface area is 165 Å². The first-order valence-electron chi connectivity index (χ1n) is 8.52. The molecule has 146 valence electrons. The summed E-state index contributed by atoms with van der Waals surface area (Å²) in [5.74, 6) is -0.143. The molecule has 2 heterocycles. The molecule has 0 spiro atoms. The second-order valence-corrected chi connectivity index (χ2v) is 6.65. The lowest BCUT2D eigenvalue weighted by atomic mass is 10.1. The number of rotatable bonds is 4. The van der Waals surface area contributed by atoms with Gasteiger partial charge < -0.3 is 10.1 Å². The lowest BCUT2D eigenvalue weighted by Gasteiger charge is -2.16.